The number of carbonyl (C=O) groups excluding carboxylic acids is 1. The lowest BCUT2D eigenvalue weighted by atomic mass is 9.84. The van der Waals surface area contributed by atoms with Gasteiger partial charge in [-0.05, 0) is 51.0 Å². The number of fused-ring (bicyclic) bond motifs is 1. The van der Waals surface area contributed by atoms with Gasteiger partial charge in [0.1, 0.15) is 6.42 Å². The summed E-state index contributed by atoms with van der Waals surface area (Å²) in [7, 11) is 0. The zero-order valence-corrected chi connectivity index (χ0v) is 20.7. The highest BCUT2D eigenvalue weighted by atomic mass is 32.1. The van der Waals surface area contributed by atoms with Gasteiger partial charge in [0.15, 0.2) is 0 Å². The molecule has 12 heteroatoms. The van der Waals surface area contributed by atoms with E-state index in [1.54, 1.807) is 6.92 Å². The number of nitrogens with one attached hydrogen (secondary N) is 1. The maximum Gasteiger partial charge on any atom is 0.392 e. The Morgan fingerprint density at radius 3 is 2.69 bits per heavy atom. The number of aryl methyl sites for hydroxylation is 1. The van der Waals surface area contributed by atoms with Crippen LogP contribution in [-0.2, 0) is 24.1 Å². The van der Waals surface area contributed by atoms with Crippen LogP contribution in [0.25, 0.3) is 0 Å². The average molecular weight is 516 g/mol. The van der Waals surface area contributed by atoms with Crippen molar-refractivity contribution in [2.24, 2.45) is 5.92 Å². The van der Waals surface area contributed by atoms with Crippen LogP contribution in [0.5, 0.6) is 5.19 Å². The number of nitrogens with zero attached hydrogens (tertiary/aromatic N) is 4. The maximum atomic E-state index is 12.3. The van der Waals surface area contributed by atoms with Gasteiger partial charge in [-0.25, -0.2) is 4.98 Å². The molecule has 8 nitrogen and oxygen atoms in total. The Balaban J connectivity index is 1.12. The number of carbonyl (C=O) groups is 1. The van der Waals surface area contributed by atoms with Gasteiger partial charge in [0.2, 0.25) is 17.7 Å². The molecule has 194 valence electrons. The molecule has 0 bridgehead atoms. The molecule has 35 heavy (non-hydrogen) atoms. The van der Waals surface area contributed by atoms with E-state index in [1.807, 2.05) is 0 Å². The first-order chi connectivity index (χ1) is 16.7. The summed E-state index contributed by atoms with van der Waals surface area (Å²) in [6.07, 6.45) is 1.91. The number of hydrogen-bond donors (Lipinski definition) is 1. The van der Waals surface area contributed by atoms with Gasteiger partial charge in [-0.3, -0.25) is 4.79 Å². The molecule has 2 aromatic heterocycles. The summed E-state index contributed by atoms with van der Waals surface area (Å²) in [5, 5.41) is 11.1. The average Bonchev–Trinajstić information content (AvgIpc) is 3.33. The first-order valence-corrected chi connectivity index (χ1v) is 13.0. The first-order valence-electron chi connectivity index (χ1n) is 12.2. The SMILES string of the molecule is Cc1nnc(CC(=O)NC2CCC(CCN3CCc4nc(OCCC(F)(F)F)sc4CC3)CC2)o1. The third-order valence-corrected chi connectivity index (χ3v) is 7.70. The van der Waals surface area contributed by atoms with Gasteiger partial charge in [0, 0.05) is 37.4 Å². The fourth-order valence-corrected chi connectivity index (χ4v) is 5.68. The monoisotopic (exact) mass is 515 g/mol. The number of thiazole rings is 1. The topological polar surface area (TPSA) is 93.4 Å². The van der Waals surface area contributed by atoms with Crippen LogP contribution < -0.4 is 10.1 Å². The van der Waals surface area contributed by atoms with E-state index < -0.39 is 12.6 Å². The van der Waals surface area contributed by atoms with E-state index >= 15 is 0 Å². The minimum atomic E-state index is -4.21. The van der Waals surface area contributed by atoms with Crippen LogP contribution in [0.15, 0.2) is 4.42 Å². The van der Waals surface area contributed by atoms with Crippen LogP contribution in [0, 0.1) is 12.8 Å². The molecule has 2 aromatic rings. The van der Waals surface area contributed by atoms with Gasteiger partial charge in [-0.15, -0.1) is 10.2 Å². The summed E-state index contributed by atoms with van der Waals surface area (Å²) in [6, 6.07) is 0.204. The Labute approximate surface area is 206 Å². The van der Waals surface area contributed by atoms with Gasteiger partial charge in [0.05, 0.1) is 18.7 Å². The van der Waals surface area contributed by atoms with Crippen molar-refractivity contribution in [1.82, 2.24) is 25.4 Å². The number of aromatic nitrogens is 3. The van der Waals surface area contributed by atoms with Crippen molar-refractivity contribution in [1.29, 1.82) is 0 Å². The van der Waals surface area contributed by atoms with Gasteiger partial charge in [0.25, 0.3) is 5.19 Å². The predicted octanol–water partition coefficient (Wildman–Crippen LogP) is 3.87. The van der Waals surface area contributed by atoms with Crippen LogP contribution >= 0.6 is 11.3 Å². The second-order valence-corrected chi connectivity index (χ2v) is 10.4. The molecule has 0 unspecified atom stereocenters. The molecule has 1 aliphatic heterocycles. The van der Waals surface area contributed by atoms with Crippen molar-refractivity contribution >= 4 is 17.2 Å². The molecule has 1 N–H and O–H groups in total. The molecule has 1 aliphatic carbocycles. The minimum absolute atomic E-state index is 0.0725. The third kappa shape index (κ3) is 8.16. The number of hydrogen-bond acceptors (Lipinski definition) is 8. The molecular formula is C23H32F3N5O3S. The minimum Gasteiger partial charge on any atom is -0.470 e. The lowest BCUT2D eigenvalue weighted by Gasteiger charge is -2.30. The number of halogens is 3. The zero-order valence-electron chi connectivity index (χ0n) is 19.9. The van der Waals surface area contributed by atoms with Crippen LogP contribution in [0.1, 0.15) is 60.9 Å². The molecular weight excluding hydrogens is 483 g/mol. The summed E-state index contributed by atoms with van der Waals surface area (Å²) in [6.45, 7) is 4.18. The lowest BCUT2D eigenvalue weighted by Crippen LogP contribution is -2.39. The summed E-state index contributed by atoms with van der Waals surface area (Å²) in [5.74, 6) is 1.40. The highest BCUT2D eigenvalue weighted by Crippen LogP contribution is 2.30. The number of amides is 1. The van der Waals surface area contributed by atoms with Crippen LogP contribution in [0.3, 0.4) is 0 Å². The second-order valence-electron chi connectivity index (χ2n) is 9.37. The standard InChI is InChI=1S/C23H32F3N5O3S/c1-15-29-30-21(34-15)14-20(32)27-17-4-2-16(3-5-17)6-10-31-11-7-18-19(8-12-31)35-22(28-18)33-13-9-23(24,25)26/h16-17H,2-14H2,1H3,(H,27,32). The number of alkyl halides is 3. The third-order valence-electron chi connectivity index (χ3n) is 6.63. The van der Waals surface area contributed by atoms with E-state index in [0.29, 0.717) is 22.9 Å². The summed E-state index contributed by atoms with van der Waals surface area (Å²) < 4.78 is 47.4. The number of rotatable bonds is 9. The molecule has 0 radical (unpaired) electrons. The van der Waals surface area contributed by atoms with E-state index in [1.165, 1.54) is 11.3 Å². The molecule has 1 saturated carbocycles. The van der Waals surface area contributed by atoms with E-state index in [0.717, 1.165) is 75.2 Å². The number of ether oxygens (including phenoxy) is 1. The second kappa shape index (κ2) is 11.7. The van der Waals surface area contributed by atoms with Crippen molar-refractivity contribution in [2.45, 2.75) is 76.9 Å². The van der Waals surface area contributed by atoms with Crippen molar-refractivity contribution in [3.8, 4) is 5.19 Å². The molecule has 0 spiro atoms. The van der Waals surface area contributed by atoms with Crippen LogP contribution in [0.2, 0.25) is 0 Å². The normalized spacial score (nSPS) is 21.4. The highest BCUT2D eigenvalue weighted by molar-refractivity contribution is 7.13. The Morgan fingerprint density at radius 1 is 1.20 bits per heavy atom. The fraction of sp³-hybridized carbons (Fsp3) is 0.739. The first kappa shape index (κ1) is 25.9. The maximum absolute atomic E-state index is 12.3. The van der Waals surface area contributed by atoms with Crippen LogP contribution in [-0.4, -0.2) is 64.4 Å². The van der Waals surface area contributed by atoms with Gasteiger partial charge >= 0.3 is 6.18 Å². The Bertz CT molecular complexity index is 947. The van der Waals surface area contributed by atoms with Crippen molar-refractivity contribution in [3.05, 3.63) is 22.4 Å². The van der Waals surface area contributed by atoms with E-state index in [2.05, 4.69) is 25.4 Å². The molecule has 1 fully saturated rings. The quantitative estimate of drug-likeness (QED) is 0.542. The summed E-state index contributed by atoms with van der Waals surface area (Å²) >= 11 is 1.38. The van der Waals surface area contributed by atoms with Crippen molar-refractivity contribution in [3.63, 3.8) is 0 Å². The van der Waals surface area contributed by atoms with Crippen molar-refractivity contribution < 1.29 is 27.1 Å². The Morgan fingerprint density at radius 2 is 1.97 bits per heavy atom. The van der Waals surface area contributed by atoms with Crippen molar-refractivity contribution in [2.75, 3.05) is 26.2 Å². The Hall–Kier alpha value is -2.21. The van der Waals surface area contributed by atoms with Gasteiger partial charge in [-0.1, -0.05) is 11.3 Å². The molecule has 2 aliphatic rings. The van der Waals surface area contributed by atoms with E-state index in [4.69, 9.17) is 9.15 Å². The molecule has 4 rings (SSSR count). The molecule has 0 saturated heterocycles. The van der Waals surface area contributed by atoms with E-state index in [-0.39, 0.29) is 25.0 Å². The summed E-state index contributed by atoms with van der Waals surface area (Å²) in [5.41, 5.74) is 0.964. The van der Waals surface area contributed by atoms with Crippen LogP contribution in [0.4, 0.5) is 13.2 Å². The van der Waals surface area contributed by atoms with Gasteiger partial charge in [-0.2, -0.15) is 13.2 Å². The molecule has 3 heterocycles. The zero-order chi connectivity index (χ0) is 24.8. The highest BCUT2D eigenvalue weighted by Gasteiger charge is 2.28. The fourth-order valence-electron chi connectivity index (χ4n) is 4.71. The lowest BCUT2D eigenvalue weighted by molar-refractivity contribution is -0.139. The predicted molar refractivity (Wildman–Crippen MR) is 123 cm³/mol. The van der Waals surface area contributed by atoms with E-state index in [9.17, 15) is 18.0 Å². The Kier molecular flexibility index (Phi) is 8.64. The summed E-state index contributed by atoms with van der Waals surface area (Å²) in [4.78, 5) is 20.2. The van der Waals surface area contributed by atoms with Gasteiger partial charge < -0.3 is 19.4 Å². The molecule has 0 aromatic carbocycles. The smallest absolute Gasteiger partial charge is 0.392 e. The molecule has 1 amide bonds. The largest absolute Gasteiger partial charge is 0.470 e. The molecule has 0 atom stereocenters.